The van der Waals surface area contributed by atoms with Crippen molar-refractivity contribution >= 4 is 13.7 Å². The van der Waals surface area contributed by atoms with Crippen LogP contribution in [-0.2, 0) is 13.8 Å². The van der Waals surface area contributed by atoms with Crippen molar-refractivity contribution in [1.82, 2.24) is 5.09 Å². The average Bonchev–Trinajstić information content (AvgIpc) is 2.45. The summed E-state index contributed by atoms with van der Waals surface area (Å²) < 4.78 is 28.8. The molecule has 0 radical (unpaired) electrons. The number of ether oxygens (including phenoxy) is 1. The highest BCUT2D eigenvalue weighted by Crippen LogP contribution is 2.45. The number of carbonyl (C=O) groups excluding carboxylic acids is 1. The van der Waals surface area contributed by atoms with Gasteiger partial charge in [-0.3, -0.25) is 4.52 Å². The zero-order valence-electron chi connectivity index (χ0n) is 14.4. The van der Waals surface area contributed by atoms with Crippen molar-refractivity contribution in [1.29, 1.82) is 0 Å². The first kappa shape index (κ1) is 19.7. The van der Waals surface area contributed by atoms with Crippen LogP contribution in [0.4, 0.5) is 0 Å². The van der Waals surface area contributed by atoms with Crippen molar-refractivity contribution in [3.8, 4) is 5.75 Å². The van der Waals surface area contributed by atoms with Crippen LogP contribution in [-0.4, -0.2) is 25.2 Å². The van der Waals surface area contributed by atoms with Gasteiger partial charge in [-0.05, 0) is 38.8 Å². The van der Waals surface area contributed by atoms with Gasteiger partial charge in [0.15, 0.2) is 0 Å². The minimum atomic E-state index is -3.55. The Morgan fingerprint density at radius 3 is 2.43 bits per heavy atom. The molecule has 0 aromatic heterocycles. The number of hydrogen-bond acceptors (Lipinski definition) is 5. The molecule has 0 aliphatic heterocycles. The first-order valence-corrected chi connectivity index (χ1v) is 9.31. The maximum atomic E-state index is 12.8. The molecule has 7 heteroatoms. The fraction of sp³-hybridized carbons (Fsp3) is 0.562. The molecule has 23 heavy (non-hydrogen) atoms. The summed E-state index contributed by atoms with van der Waals surface area (Å²) >= 11 is 0. The van der Waals surface area contributed by atoms with Crippen molar-refractivity contribution in [3.05, 3.63) is 29.8 Å². The van der Waals surface area contributed by atoms with Crippen molar-refractivity contribution in [2.24, 2.45) is 5.92 Å². The van der Waals surface area contributed by atoms with Crippen LogP contribution in [0.2, 0.25) is 0 Å². The van der Waals surface area contributed by atoms with Crippen molar-refractivity contribution in [3.63, 3.8) is 0 Å². The van der Waals surface area contributed by atoms with Gasteiger partial charge in [-0.1, -0.05) is 26.0 Å². The van der Waals surface area contributed by atoms with E-state index >= 15 is 0 Å². The summed E-state index contributed by atoms with van der Waals surface area (Å²) in [5.41, 5.74) is 0.215. The summed E-state index contributed by atoms with van der Waals surface area (Å²) in [5, 5.41) is 2.81. The summed E-state index contributed by atoms with van der Waals surface area (Å²) in [6, 6.07) is 6.52. The van der Waals surface area contributed by atoms with Gasteiger partial charge in [0.25, 0.3) is 0 Å². The molecule has 130 valence electrons. The van der Waals surface area contributed by atoms with Crippen molar-refractivity contribution in [2.45, 2.75) is 40.7 Å². The fourth-order valence-corrected chi connectivity index (χ4v) is 3.25. The SMILES string of the molecule is CCOP(=O)(NCC(C)C)Oc1ccccc1C(=O)OC(C)C. The van der Waals surface area contributed by atoms with Crippen LogP contribution >= 0.6 is 7.75 Å². The molecule has 1 atom stereocenters. The molecule has 0 amide bonds. The molecule has 0 aliphatic rings. The molecule has 1 N–H and O–H groups in total. The number of benzene rings is 1. The number of nitrogens with one attached hydrogen (secondary N) is 1. The summed E-state index contributed by atoms with van der Waals surface area (Å²) in [7, 11) is -3.55. The van der Waals surface area contributed by atoms with Gasteiger partial charge in [0.1, 0.15) is 11.3 Å². The van der Waals surface area contributed by atoms with Gasteiger partial charge in [-0.2, -0.15) is 0 Å². The molecule has 1 aromatic carbocycles. The van der Waals surface area contributed by atoms with Gasteiger partial charge in [-0.15, -0.1) is 0 Å². The van der Waals surface area contributed by atoms with Crippen molar-refractivity contribution < 1.29 is 23.1 Å². The van der Waals surface area contributed by atoms with Crippen LogP contribution in [0.5, 0.6) is 5.75 Å². The number of para-hydroxylation sites is 1. The average molecular weight is 343 g/mol. The summed E-state index contributed by atoms with van der Waals surface area (Å²) in [4.78, 5) is 12.1. The Kier molecular flexibility index (Phi) is 7.76. The van der Waals surface area contributed by atoms with Gasteiger partial charge in [0.05, 0.1) is 12.7 Å². The number of rotatable bonds is 9. The molecule has 0 saturated carbocycles. The second-order valence-electron chi connectivity index (χ2n) is 5.71. The summed E-state index contributed by atoms with van der Waals surface area (Å²) in [6.45, 7) is 9.91. The number of esters is 1. The molecular formula is C16H26NO5P. The van der Waals surface area contributed by atoms with E-state index in [2.05, 4.69) is 5.09 Å². The predicted molar refractivity (Wildman–Crippen MR) is 89.7 cm³/mol. The Hall–Kier alpha value is -1.36. The van der Waals surface area contributed by atoms with Crippen LogP contribution in [0.3, 0.4) is 0 Å². The normalized spacial score (nSPS) is 13.9. The fourth-order valence-electron chi connectivity index (χ4n) is 1.69. The van der Waals surface area contributed by atoms with Gasteiger partial charge in [-0.25, -0.2) is 14.4 Å². The lowest BCUT2D eigenvalue weighted by molar-refractivity contribution is 0.0375. The summed E-state index contributed by atoms with van der Waals surface area (Å²) in [5.74, 6) is -0.0813. The largest absolute Gasteiger partial charge is 0.459 e. The highest BCUT2D eigenvalue weighted by molar-refractivity contribution is 7.52. The third-order valence-electron chi connectivity index (χ3n) is 2.66. The minimum Gasteiger partial charge on any atom is -0.459 e. The molecule has 1 rings (SSSR count). The highest BCUT2D eigenvalue weighted by Gasteiger charge is 2.28. The number of hydrogen-bond donors (Lipinski definition) is 1. The highest BCUT2D eigenvalue weighted by atomic mass is 31.2. The second-order valence-corrected chi connectivity index (χ2v) is 7.46. The first-order chi connectivity index (χ1) is 10.8. The molecule has 0 fully saturated rings. The van der Waals surface area contributed by atoms with Gasteiger partial charge in [0, 0.05) is 6.54 Å². The lowest BCUT2D eigenvalue weighted by atomic mass is 10.2. The van der Waals surface area contributed by atoms with E-state index in [1.165, 1.54) is 0 Å². The molecule has 1 unspecified atom stereocenters. The topological polar surface area (TPSA) is 73.9 Å². The maximum Gasteiger partial charge on any atom is 0.458 e. The molecule has 0 aliphatic carbocycles. The van der Waals surface area contributed by atoms with E-state index in [9.17, 15) is 9.36 Å². The Morgan fingerprint density at radius 2 is 1.87 bits per heavy atom. The van der Waals surface area contributed by atoms with E-state index in [4.69, 9.17) is 13.8 Å². The van der Waals surface area contributed by atoms with Crippen LogP contribution in [0.1, 0.15) is 45.0 Å². The van der Waals surface area contributed by atoms with E-state index < -0.39 is 13.7 Å². The standard InChI is InChI=1S/C16H26NO5P/c1-6-20-23(19,17-11-12(2)3)22-15-10-8-7-9-14(15)16(18)21-13(4)5/h7-10,12-13H,6,11H2,1-5H3,(H,17,19). The Balaban J connectivity index is 3.00. The molecule has 0 saturated heterocycles. The quantitative estimate of drug-likeness (QED) is 0.539. The maximum absolute atomic E-state index is 12.8. The van der Waals surface area contributed by atoms with Crippen molar-refractivity contribution in [2.75, 3.05) is 13.2 Å². The van der Waals surface area contributed by atoms with Crippen LogP contribution in [0, 0.1) is 5.92 Å². The molecule has 0 bridgehead atoms. The lowest BCUT2D eigenvalue weighted by Crippen LogP contribution is -2.22. The monoisotopic (exact) mass is 343 g/mol. The smallest absolute Gasteiger partial charge is 0.458 e. The third-order valence-corrected chi connectivity index (χ3v) is 4.27. The van der Waals surface area contributed by atoms with Crippen LogP contribution in [0.25, 0.3) is 0 Å². The Bertz CT molecular complexity index is 559. The molecule has 1 aromatic rings. The van der Waals surface area contributed by atoms with Gasteiger partial charge >= 0.3 is 13.7 Å². The number of carbonyl (C=O) groups is 1. The predicted octanol–water partition coefficient (Wildman–Crippen LogP) is 4.02. The summed E-state index contributed by atoms with van der Waals surface area (Å²) in [6.07, 6.45) is -0.256. The van der Waals surface area contributed by atoms with Gasteiger partial charge < -0.3 is 9.26 Å². The van der Waals surface area contributed by atoms with E-state index in [0.29, 0.717) is 6.54 Å². The first-order valence-electron chi connectivity index (χ1n) is 7.76. The van der Waals surface area contributed by atoms with E-state index in [-0.39, 0.29) is 29.9 Å². The molecule has 0 heterocycles. The van der Waals surface area contributed by atoms with E-state index in [1.54, 1.807) is 45.0 Å². The second kappa shape index (κ2) is 9.06. The zero-order chi connectivity index (χ0) is 17.5. The molecule has 6 nitrogen and oxygen atoms in total. The Morgan fingerprint density at radius 1 is 1.22 bits per heavy atom. The zero-order valence-corrected chi connectivity index (χ0v) is 15.3. The molecular weight excluding hydrogens is 317 g/mol. The Labute approximate surface area is 138 Å². The van der Waals surface area contributed by atoms with E-state index in [0.717, 1.165) is 0 Å². The van der Waals surface area contributed by atoms with Gasteiger partial charge in [0.2, 0.25) is 0 Å². The third kappa shape index (κ3) is 6.73. The molecule has 0 spiro atoms. The minimum absolute atomic E-state index is 0.172. The van der Waals surface area contributed by atoms with Crippen LogP contribution < -0.4 is 9.61 Å². The lowest BCUT2D eigenvalue weighted by Gasteiger charge is -2.21. The van der Waals surface area contributed by atoms with Crippen LogP contribution in [0.15, 0.2) is 24.3 Å². The van der Waals surface area contributed by atoms with E-state index in [1.807, 2.05) is 13.8 Å².